The van der Waals surface area contributed by atoms with Crippen LogP contribution in [0.3, 0.4) is 0 Å². The molecule has 5 nitrogen and oxygen atoms in total. The number of rotatable bonds is 4. The Bertz CT molecular complexity index is 297. The summed E-state index contributed by atoms with van der Waals surface area (Å²) in [6.07, 6.45) is -0.678. The number of methoxy groups -OCH3 is 1. The smallest absolute Gasteiger partial charge is 0.415 e. The van der Waals surface area contributed by atoms with E-state index in [1.54, 1.807) is 6.66 Å². The minimum Gasteiger partial charge on any atom is -0.452 e. The highest BCUT2D eigenvalue weighted by Crippen LogP contribution is 2.55. The van der Waals surface area contributed by atoms with Gasteiger partial charge in [-0.3, -0.25) is 4.79 Å². The molecule has 0 N–H and O–H groups in total. The third-order valence-corrected chi connectivity index (χ3v) is 6.72. The minimum atomic E-state index is -1.96. The maximum atomic E-state index is 11.4. The van der Waals surface area contributed by atoms with Crippen molar-refractivity contribution in [1.82, 2.24) is 4.90 Å². The lowest BCUT2D eigenvalue weighted by atomic mass is 10.6. The summed E-state index contributed by atoms with van der Waals surface area (Å²) < 4.78 is 9.46. The molecule has 15 heavy (non-hydrogen) atoms. The first kappa shape index (κ1) is 14.9. The van der Waals surface area contributed by atoms with Gasteiger partial charge in [0, 0.05) is 14.2 Å². The summed E-state index contributed by atoms with van der Waals surface area (Å²) in [5.41, 5.74) is -1.96. The fourth-order valence-corrected chi connectivity index (χ4v) is 3.03. The van der Waals surface area contributed by atoms with Crippen LogP contribution in [0, 0.1) is 0 Å². The zero-order valence-electron chi connectivity index (χ0n) is 9.05. The summed E-state index contributed by atoms with van der Waals surface area (Å²) in [6, 6.07) is 0. The van der Waals surface area contributed by atoms with Crippen molar-refractivity contribution in [3.63, 3.8) is 0 Å². The summed E-state index contributed by atoms with van der Waals surface area (Å²) in [5, 5.41) is 0. The lowest BCUT2D eigenvalue weighted by Gasteiger charge is -2.16. The predicted octanol–water partition coefficient (Wildman–Crippen LogP) is 1.53. The van der Waals surface area contributed by atoms with Gasteiger partial charge >= 0.3 is 6.09 Å². The molecule has 0 spiro atoms. The van der Waals surface area contributed by atoms with Crippen LogP contribution >= 0.6 is 16.8 Å². The topological polar surface area (TPSA) is 55.8 Å². The van der Waals surface area contributed by atoms with Gasteiger partial charge in [0.2, 0.25) is 5.91 Å². The molecule has 8 heteroatoms. The van der Waals surface area contributed by atoms with E-state index in [-0.39, 0.29) is 11.7 Å². The third-order valence-electron chi connectivity index (χ3n) is 1.58. The third kappa shape index (κ3) is 5.51. The van der Waals surface area contributed by atoms with E-state index < -0.39 is 11.6 Å². The predicted molar refractivity (Wildman–Crippen MR) is 64.9 cm³/mol. The summed E-state index contributed by atoms with van der Waals surface area (Å²) in [4.78, 5) is 23.3. The number of imide groups is 1. The van der Waals surface area contributed by atoms with Crippen LogP contribution in [-0.2, 0) is 25.9 Å². The molecule has 0 heterocycles. The number of hydrogen-bond acceptors (Lipinski definition) is 6. The van der Waals surface area contributed by atoms with Crippen LogP contribution in [0.4, 0.5) is 4.79 Å². The second-order valence-electron chi connectivity index (χ2n) is 2.65. The maximum Gasteiger partial charge on any atom is 0.415 e. The lowest BCUT2D eigenvalue weighted by Crippen LogP contribution is -2.34. The number of carbonyl (C=O) groups is 2. The first-order valence-corrected chi connectivity index (χ1v) is 8.72. The van der Waals surface area contributed by atoms with Crippen LogP contribution in [-0.4, -0.2) is 50.6 Å². The van der Waals surface area contributed by atoms with E-state index in [2.05, 4.69) is 4.74 Å². The quantitative estimate of drug-likeness (QED) is 0.723. The van der Waals surface area contributed by atoms with E-state index in [0.29, 0.717) is 0 Å². The van der Waals surface area contributed by atoms with E-state index in [1.807, 2.05) is 0 Å². The van der Waals surface area contributed by atoms with Crippen molar-refractivity contribution >= 4 is 40.7 Å². The Morgan fingerprint density at radius 2 is 2.00 bits per heavy atom. The number of ether oxygens (including phenoxy) is 1. The molecule has 0 rings (SSSR count). The molecule has 88 valence electrons. The Morgan fingerprint density at radius 1 is 1.47 bits per heavy atom. The average molecular weight is 271 g/mol. The normalized spacial score (nSPS) is 14.1. The first-order valence-electron chi connectivity index (χ1n) is 3.96. The number of hydrogen-bond donors (Lipinski definition) is 0. The van der Waals surface area contributed by atoms with Crippen LogP contribution < -0.4 is 0 Å². The second-order valence-corrected chi connectivity index (χ2v) is 10.8. The van der Waals surface area contributed by atoms with Gasteiger partial charge in [0.25, 0.3) is 0 Å². The van der Waals surface area contributed by atoms with E-state index in [1.165, 1.54) is 32.6 Å². The zero-order chi connectivity index (χ0) is 12.1. The molecule has 1 atom stereocenters. The lowest BCUT2D eigenvalue weighted by molar-refractivity contribution is -0.125. The van der Waals surface area contributed by atoms with Crippen molar-refractivity contribution in [3.05, 3.63) is 0 Å². The molecule has 0 aliphatic rings. The Labute approximate surface area is 98.3 Å². The summed E-state index contributed by atoms with van der Waals surface area (Å²) in [5.74, 6) is -0.229. The van der Waals surface area contributed by atoms with Crippen molar-refractivity contribution in [2.75, 3.05) is 33.7 Å². The monoisotopic (exact) mass is 271 g/mol. The van der Waals surface area contributed by atoms with Crippen LogP contribution in [0.2, 0.25) is 0 Å². The minimum absolute atomic E-state index is 0.118. The van der Waals surface area contributed by atoms with Crippen LogP contribution in [0.25, 0.3) is 0 Å². The molecule has 0 bridgehead atoms. The molecule has 0 aromatic rings. The summed E-state index contributed by atoms with van der Waals surface area (Å²) in [6.45, 7) is 1.78. The Hall–Kier alpha value is -0.100. The van der Waals surface area contributed by atoms with E-state index in [9.17, 15) is 9.59 Å². The number of carbonyl (C=O) groups excluding carboxylic acids is 2. The molecule has 0 aliphatic carbocycles. The molecular weight excluding hydrogens is 257 g/mol. The van der Waals surface area contributed by atoms with Crippen molar-refractivity contribution < 1.29 is 18.8 Å². The van der Waals surface area contributed by atoms with Gasteiger partial charge in [-0.05, 0) is 6.66 Å². The van der Waals surface area contributed by atoms with Crippen LogP contribution in [0.5, 0.6) is 0 Å². The molecule has 0 radical (unpaired) electrons. The van der Waals surface area contributed by atoms with Gasteiger partial charge in [0.1, 0.15) is 5.47 Å². The van der Waals surface area contributed by atoms with Gasteiger partial charge in [-0.25, -0.2) is 9.69 Å². The van der Waals surface area contributed by atoms with Crippen molar-refractivity contribution in [3.8, 4) is 0 Å². The Balaban J connectivity index is 4.16. The molecule has 0 saturated carbocycles. The highest BCUT2D eigenvalue weighted by atomic mass is 32.9. The van der Waals surface area contributed by atoms with Crippen molar-refractivity contribution in [2.45, 2.75) is 0 Å². The Kier molecular flexibility index (Phi) is 6.43. The van der Waals surface area contributed by atoms with E-state index in [0.717, 1.165) is 4.90 Å². The Morgan fingerprint density at radius 3 is 2.40 bits per heavy atom. The van der Waals surface area contributed by atoms with Gasteiger partial charge in [0.15, 0.2) is 0 Å². The van der Waals surface area contributed by atoms with E-state index >= 15 is 0 Å². The van der Waals surface area contributed by atoms with Crippen molar-refractivity contribution in [1.29, 1.82) is 0 Å². The SMILES string of the molecule is COC(=O)N(C)C(=O)CSP(C)(=S)OC. The largest absolute Gasteiger partial charge is 0.452 e. The molecule has 0 saturated heterocycles. The molecule has 0 aromatic heterocycles. The maximum absolute atomic E-state index is 11.4. The summed E-state index contributed by atoms with van der Waals surface area (Å²) in [7, 11) is 4.10. The molecular formula is C7H14NO4PS2. The highest BCUT2D eigenvalue weighted by Gasteiger charge is 2.19. The fourth-order valence-electron chi connectivity index (χ4n) is 0.561. The van der Waals surface area contributed by atoms with Gasteiger partial charge < -0.3 is 9.26 Å². The van der Waals surface area contributed by atoms with Crippen LogP contribution in [0.1, 0.15) is 0 Å². The molecule has 2 amide bonds. The average Bonchev–Trinajstić information content (AvgIpc) is 2.23. The number of amides is 2. The fraction of sp³-hybridized carbons (Fsp3) is 0.714. The highest BCUT2D eigenvalue weighted by molar-refractivity contribution is 8.69. The first-order chi connectivity index (χ1) is 6.84. The zero-order valence-corrected chi connectivity index (χ0v) is 11.6. The van der Waals surface area contributed by atoms with Gasteiger partial charge in [-0.1, -0.05) is 23.2 Å². The standard InChI is InChI=1S/C7H14NO4PS2/c1-8(7(10)11-2)6(9)5-15-13(4,14)12-3/h5H2,1-4H3. The second kappa shape index (κ2) is 6.48. The van der Waals surface area contributed by atoms with E-state index in [4.69, 9.17) is 16.3 Å². The summed E-state index contributed by atoms with van der Waals surface area (Å²) >= 11 is 6.36. The van der Waals surface area contributed by atoms with Gasteiger partial charge in [-0.15, -0.1) is 0 Å². The molecule has 1 unspecified atom stereocenters. The van der Waals surface area contributed by atoms with Gasteiger partial charge in [-0.2, -0.15) is 0 Å². The van der Waals surface area contributed by atoms with Crippen molar-refractivity contribution in [2.24, 2.45) is 0 Å². The van der Waals surface area contributed by atoms with Crippen LogP contribution in [0.15, 0.2) is 0 Å². The molecule has 0 aromatic carbocycles. The number of nitrogens with zero attached hydrogens (tertiary/aromatic N) is 1. The van der Waals surface area contributed by atoms with Gasteiger partial charge in [0.05, 0.1) is 12.9 Å². The molecule has 0 aliphatic heterocycles. The molecule has 0 fully saturated rings.